The summed E-state index contributed by atoms with van der Waals surface area (Å²) >= 11 is 0. The van der Waals surface area contributed by atoms with Crippen molar-refractivity contribution in [2.45, 2.75) is 45.6 Å². The molecule has 0 bridgehead atoms. The highest BCUT2D eigenvalue weighted by Gasteiger charge is 2.46. The van der Waals surface area contributed by atoms with Crippen LogP contribution in [-0.2, 0) is 9.59 Å². The first-order chi connectivity index (χ1) is 15.4. The Hall–Kier alpha value is -3.28. The number of nitrogens with zero attached hydrogens (tertiary/aromatic N) is 1. The third-order valence-corrected chi connectivity index (χ3v) is 5.85. The number of carbonyl (C=O) groups excluding carboxylic acids is 2. The molecular formula is C26H31NO5. The van der Waals surface area contributed by atoms with Gasteiger partial charge >= 0.3 is 0 Å². The van der Waals surface area contributed by atoms with E-state index < -0.39 is 17.7 Å². The van der Waals surface area contributed by atoms with E-state index in [0.717, 1.165) is 31.2 Å². The predicted molar refractivity (Wildman–Crippen MR) is 124 cm³/mol. The van der Waals surface area contributed by atoms with Crippen LogP contribution in [-0.4, -0.2) is 42.5 Å². The van der Waals surface area contributed by atoms with Crippen LogP contribution in [0.25, 0.3) is 5.76 Å². The molecule has 3 rings (SSSR count). The summed E-state index contributed by atoms with van der Waals surface area (Å²) < 4.78 is 10.9. The third-order valence-electron chi connectivity index (χ3n) is 5.85. The van der Waals surface area contributed by atoms with Crippen LogP contribution < -0.4 is 9.47 Å². The first-order valence-corrected chi connectivity index (χ1v) is 11.0. The molecule has 0 aromatic heterocycles. The van der Waals surface area contributed by atoms with Gasteiger partial charge in [-0.3, -0.25) is 9.59 Å². The molecule has 0 radical (unpaired) electrons. The van der Waals surface area contributed by atoms with Crippen LogP contribution in [0.1, 0.15) is 55.3 Å². The van der Waals surface area contributed by atoms with Gasteiger partial charge in [0.1, 0.15) is 17.3 Å². The van der Waals surface area contributed by atoms with Gasteiger partial charge in [-0.25, -0.2) is 0 Å². The quantitative estimate of drug-likeness (QED) is 0.258. The van der Waals surface area contributed by atoms with E-state index in [9.17, 15) is 14.7 Å². The molecule has 1 aliphatic heterocycles. The number of aliphatic hydroxyl groups is 1. The Kier molecular flexibility index (Phi) is 7.57. The zero-order valence-electron chi connectivity index (χ0n) is 19.2. The fourth-order valence-corrected chi connectivity index (χ4v) is 4.05. The Labute approximate surface area is 189 Å². The summed E-state index contributed by atoms with van der Waals surface area (Å²) in [5, 5.41) is 11.1. The molecule has 1 heterocycles. The van der Waals surface area contributed by atoms with E-state index in [0.29, 0.717) is 29.2 Å². The number of likely N-dealkylation sites (tertiary alicyclic amines) is 1. The van der Waals surface area contributed by atoms with Crippen molar-refractivity contribution in [3.63, 3.8) is 0 Å². The first-order valence-electron chi connectivity index (χ1n) is 11.0. The average molecular weight is 438 g/mol. The number of ketones is 1. The second-order valence-corrected chi connectivity index (χ2v) is 8.03. The van der Waals surface area contributed by atoms with Crippen molar-refractivity contribution in [1.29, 1.82) is 0 Å². The molecule has 1 aliphatic rings. The van der Waals surface area contributed by atoms with Crippen LogP contribution in [0.2, 0.25) is 0 Å². The Morgan fingerprint density at radius 1 is 1.00 bits per heavy atom. The van der Waals surface area contributed by atoms with Crippen molar-refractivity contribution in [2.75, 3.05) is 20.8 Å². The van der Waals surface area contributed by atoms with Crippen molar-refractivity contribution < 1.29 is 24.2 Å². The van der Waals surface area contributed by atoms with E-state index in [4.69, 9.17) is 9.47 Å². The standard InChI is InChI=1S/C26H31NO5/c1-5-6-7-8-15-27-23(20-14-13-19(31-3)16-21(20)32-4)22(25(29)26(27)30)24(28)18-11-9-17(2)10-12-18/h9-14,16,23,28H,5-8,15H2,1-4H3/b24-22-. The van der Waals surface area contributed by atoms with Gasteiger partial charge in [-0.15, -0.1) is 0 Å². The molecule has 6 nitrogen and oxygen atoms in total. The lowest BCUT2D eigenvalue weighted by Crippen LogP contribution is -2.30. The maximum Gasteiger partial charge on any atom is 0.295 e. The molecule has 32 heavy (non-hydrogen) atoms. The van der Waals surface area contributed by atoms with Crippen LogP contribution in [0.15, 0.2) is 48.0 Å². The number of hydrogen-bond acceptors (Lipinski definition) is 5. The van der Waals surface area contributed by atoms with Crippen molar-refractivity contribution in [2.24, 2.45) is 0 Å². The van der Waals surface area contributed by atoms with Gasteiger partial charge in [0.15, 0.2) is 0 Å². The molecule has 0 spiro atoms. The summed E-state index contributed by atoms with van der Waals surface area (Å²) in [6, 6.07) is 11.8. The minimum absolute atomic E-state index is 0.0813. The highest BCUT2D eigenvalue weighted by Crippen LogP contribution is 2.43. The molecule has 1 atom stereocenters. The zero-order valence-corrected chi connectivity index (χ0v) is 19.2. The first kappa shape index (κ1) is 23.4. The summed E-state index contributed by atoms with van der Waals surface area (Å²) in [4.78, 5) is 27.7. The fourth-order valence-electron chi connectivity index (χ4n) is 4.05. The van der Waals surface area contributed by atoms with Crippen molar-refractivity contribution >= 4 is 17.4 Å². The second-order valence-electron chi connectivity index (χ2n) is 8.03. The van der Waals surface area contributed by atoms with Gasteiger partial charge in [-0.05, 0) is 25.5 Å². The molecule has 1 N–H and O–H groups in total. The van der Waals surface area contributed by atoms with Gasteiger partial charge in [-0.1, -0.05) is 56.0 Å². The molecule has 2 aromatic rings. The lowest BCUT2D eigenvalue weighted by molar-refractivity contribution is -0.139. The largest absolute Gasteiger partial charge is 0.507 e. The highest BCUT2D eigenvalue weighted by molar-refractivity contribution is 6.46. The van der Waals surface area contributed by atoms with Crippen LogP contribution >= 0.6 is 0 Å². The van der Waals surface area contributed by atoms with Gasteiger partial charge in [0.05, 0.1) is 25.8 Å². The smallest absolute Gasteiger partial charge is 0.295 e. The lowest BCUT2D eigenvalue weighted by atomic mass is 9.94. The molecule has 1 saturated heterocycles. The summed E-state index contributed by atoms with van der Waals surface area (Å²) in [6.45, 7) is 4.49. The molecule has 1 unspecified atom stereocenters. The predicted octanol–water partition coefficient (Wildman–Crippen LogP) is 5.01. The monoisotopic (exact) mass is 437 g/mol. The van der Waals surface area contributed by atoms with Crippen LogP contribution in [0.4, 0.5) is 0 Å². The lowest BCUT2D eigenvalue weighted by Gasteiger charge is -2.27. The Balaban J connectivity index is 2.14. The Bertz CT molecular complexity index is 1010. The molecule has 6 heteroatoms. The SMILES string of the molecule is CCCCCCN1C(=O)C(=O)/C(=C(\O)c2ccc(C)cc2)C1c1ccc(OC)cc1OC. The number of unbranched alkanes of at least 4 members (excludes halogenated alkanes) is 3. The van der Waals surface area contributed by atoms with Crippen LogP contribution in [0.3, 0.4) is 0 Å². The molecule has 170 valence electrons. The van der Waals surface area contributed by atoms with E-state index in [1.54, 1.807) is 42.3 Å². The summed E-state index contributed by atoms with van der Waals surface area (Å²) in [6.07, 6.45) is 3.87. The number of aryl methyl sites for hydroxylation is 1. The maximum atomic E-state index is 13.1. The zero-order chi connectivity index (χ0) is 23.3. The van der Waals surface area contributed by atoms with Crippen molar-refractivity contribution in [1.82, 2.24) is 4.90 Å². The molecular weight excluding hydrogens is 406 g/mol. The normalized spacial score (nSPS) is 17.6. The number of hydrogen-bond donors (Lipinski definition) is 1. The van der Waals surface area contributed by atoms with E-state index in [1.807, 2.05) is 19.1 Å². The molecule has 0 saturated carbocycles. The Morgan fingerprint density at radius 2 is 1.72 bits per heavy atom. The fraction of sp³-hybridized carbons (Fsp3) is 0.385. The number of benzene rings is 2. The number of Topliss-reactive ketones (excluding diaryl/α,β-unsaturated/α-hetero) is 1. The molecule has 1 amide bonds. The summed E-state index contributed by atoms with van der Waals surface area (Å²) in [5.74, 6) is -0.365. The number of methoxy groups -OCH3 is 2. The Morgan fingerprint density at radius 3 is 2.34 bits per heavy atom. The molecule has 2 aromatic carbocycles. The minimum Gasteiger partial charge on any atom is -0.507 e. The third kappa shape index (κ3) is 4.64. The number of amides is 1. The topological polar surface area (TPSA) is 76.1 Å². The van der Waals surface area contributed by atoms with E-state index in [2.05, 4.69) is 6.92 Å². The van der Waals surface area contributed by atoms with Gasteiger partial charge < -0.3 is 19.5 Å². The number of ether oxygens (including phenoxy) is 2. The van der Waals surface area contributed by atoms with Gasteiger partial charge in [-0.2, -0.15) is 0 Å². The number of aliphatic hydroxyl groups excluding tert-OH is 1. The average Bonchev–Trinajstić information content (AvgIpc) is 3.06. The minimum atomic E-state index is -0.737. The maximum absolute atomic E-state index is 13.1. The summed E-state index contributed by atoms with van der Waals surface area (Å²) in [7, 11) is 3.09. The second kappa shape index (κ2) is 10.4. The highest BCUT2D eigenvalue weighted by atomic mass is 16.5. The van der Waals surface area contributed by atoms with E-state index >= 15 is 0 Å². The number of rotatable bonds is 9. The molecule has 1 fully saturated rings. The number of carbonyl (C=O) groups is 2. The molecule has 0 aliphatic carbocycles. The summed E-state index contributed by atoms with van der Waals surface area (Å²) in [5.41, 5.74) is 2.25. The van der Waals surface area contributed by atoms with Gasteiger partial charge in [0.2, 0.25) is 0 Å². The van der Waals surface area contributed by atoms with Crippen LogP contribution in [0, 0.1) is 6.92 Å². The van der Waals surface area contributed by atoms with Crippen LogP contribution in [0.5, 0.6) is 11.5 Å². The van der Waals surface area contributed by atoms with Gasteiger partial charge in [0, 0.05) is 23.7 Å². The van der Waals surface area contributed by atoms with Crippen molar-refractivity contribution in [3.05, 3.63) is 64.7 Å². The van der Waals surface area contributed by atoms with Gasteiger partial charge in [0.25, 0.3) is 11.7 Å². The van der Waals surface area contributed by atoms with Crippen molar-refractivity contribution in [3.8, 4) is 11.5 Å². The van der Waals surface area contributed by atoms with E-state index in [1.165, 1.54) is 7.11 Å². The van der Waals surface area contributed by atoms with E-state index in [-0.39, 0.29) is 11.3 Å².